The first-order valence-corrected chi connectivity index (χ1v) is 6.82. The van der Waals surface area contributed by atoms with Gasteiger partial charge in [0.15, 0.2) is 0 Å². The molecule has 2 heterocycles. The van der Waals surface area contributed by atoms with Gasteiger partial charge in [0, 0.05) is 24.0 Å². The number of likely N-dealkylation sites (tertiary alicyclic amines) is 1. The van der Waals surface area contributed by atoms with Gasteiger partial charge in [-0.3, -0.25) is 9.78 Å². The van der Waals surface area contributed by atoms with Crippen molar-refractivity contribution >= 4 is 5.91 Å². The summed E-state index contributed by atoms with van der Waals surface area (Å²) < 4.78 is 0. The zero-order valence-electron chi connectivity index (χ0n) is 11.7. The van der Waals surface area contributed by atoms with Crippen molar-refractivity contribution in [3.05, 3.63) is 29.6 Å². The van der Waals surface area contributed by atoms with Gasteiger partial charge >= 0.3 is 0 Å². The van der Waals surface area contributed by atoms with E-state index >= 15 is 0 Å². The van der Waals surface area contributed by atoms with Crippen LogP contribution in [0.15, 0.2) is 18.5 Å². The fraction of sp³-hybridized carbons (Fsp3) is 0.467. The summed E-state index contributed by atoms with van der Waals surface area (Å²) in [5, 5.41) is 3.06. The van der Waals surface area contributed by atoms with Gasteiger partial charge in [0.1, 0.15) is 0 Å². The SMILES string of the molecule is CN1CCC(NC(=O)c2cncc(C#CCN)c2)CC1. The van der Waals surface area contributed by atoms with E-state index in [-0.39, 0.29) is 11.9 Å². The molecule has 5 heteroatoms. The van der Waals surface area contributed by atoms with Crippen LogP contribution in [-0.4, -0.2) is 48.5 Å². The lowest BCUT2D eigenvalue weighted by Gasteiger charge is -2.29. The predicted octanol–water partition coefficient (Wildman–Crippen LogP) is 0.216. The van der Waals surface area contributed by atoms with Gasteiger partial charge in [-0.05, 0) is 39.0 Å². The van der Waals surface area contributed by atoms with Crippen LogP contribution in [0.5, 0.6) is 0 Å². The molecule has 1 amide bonds. The third kappa shape index (κ3) is 4.05. The fourth-order valence-corrected chi connectivity index (χ4v) is 2.21. The predicted molar refractivity (Wildman–Crippen MR) is 78.2 cm³/mol. The number of rotatable bonds is 2. The monoisotopic (exact) mass is 272 g/mol. The number of hydrogen-bond donors (Lipinski definition) is 2. The fourth-order valence-electron chi connectivity index (χ4n) is 2.21. The van der Waals surface area contributed by atoms with Crippen LogP contribution >= 0.6 is 0 Å². The molecule has 0 spiro atoms. The number of nitrogens with zero attached hydrogens (tertiary/aromatic N) is 2. The highest BCUT2D eigenvalue weighted by atomic mass is 16.1. The molecule has 1 aromatic rings. The molecule has 1 fully saturated rings. The van der Waals surface area contributed by atoms with Gasteiger partial charge in [0.2, 0.25) is 0 Å². The summed E-state index contributed by atoms with van der Waals surface area (Å²) in [6.07, 6.45) is 5.18. The molecular formula is C15H20N4O. The van der Waals surface area contributed by atoms with Crippen molar-refractivity contribution in [1.29, 1.82) is 0 Å². The van der Waals surface area contributed by atoms with Crippen LogP contribution in [0.4, 0.5) is 0 Å². The quantitative estimate of drug-likeness (QED) is 0.755. The number of piperidine rings is 1. The first-order valence-electron chi connectivity index (χ1n) is 6.82. The van der Waals surface area contributed by atoms with Crippen molar-refractivity contribution in [1.82, 2.24) is 15.2 Å². The highest BCUT2D eigenvalue weighted by Gasteiger charge is 2.19. The van der Waals surface area contributed by atoms with E-state index in [1.54, 1.807) is 18.5 Å². The summed E-state index contributed by atoms with van der Waals surface area (Å²) in [7, 11) is 2.10. The number of hydrogen-bond acceptors (Lipinski definition) is 4. The van der Waals surface area contributed by atoms with E-state index in [0.29, 0.717) is 17.7 Å². The van der Waals surface area contributed by atoms with Crippen molar-refractivity contribution in [3.63, 3.8) is 0 Å². The Bertz CT molecular complexity index is 524. The molecule has 0 saturated carbocycles. The Morgan fingerprint density at radius 2 is 2.25 bits per heavy atom. The zero-order valence-corrected chi connectivity index (χ0v) is 11.7. The van der Waals surface area contributed by atoms with Crippen LogP contribution in [0.2, 0.25) is 0 Å². The number of aromatic nitrogens is 1. The Morgan fingerprint density at radius 3 is 2.95 bits per heavy atom. The molecule has 2 rings (SSSR count). The maximum absolute atomic E-state index is 12.2. The second-order valence-electron chi connectivity index (χ2n) is 5.02. The normalized spacial score (nSPS) is 16.3. The van der Waals surface area contributed by atoms with Crippen LogP contribution in [-0.2, 0) is 0 Å². The molecule has 3 N–H and O–H groups in total. The Labute approximate surface area is 119 Å². The molecule has 20 heavy (non-hydrogen) atoms. The van der Waals surface area contributed by atoms with Crippen molar-refractivity contribution in [3.8, 4) is 11.8 Å². The summed E-state index contributed by atoms with van der Waals surface area (Å²) in [6.45, 7) is 2.34. The van der Waals surface area contributed by atoms with E-state index in [1.807, 2.05) is 0 Å². The molecule has 0 aromatic carbocycles. The smallest absolute Gasteiger partial charge is 0.253 e. The summed E-state index contributed by atoms with van der Waals surface area (Å²) in [5.74, 6) is 5.56. The van der Waals surface area contributed by atoms with Crippen LogP contribution in [0, 0.1) is 11.8 Å². The lowest BCUT2D eigenvalue weighted by Crippen LogP contribution is -2.43. The summed E-state index contributed by atoms with van der Waals surface area (Å²) in [6, 6.07) is 2.00. The van der Waals surface area contributed by atoms with E-state index in [9.17, 15) is 4.79 Å². The summed E-state index contributed by atoms with van der Waals surface area (Å²) in [5.41, 5.74) is 6.60. The lowest BCUT2D eigenvalue weighted by molar-refractivity contribution is 0.0916. The summed E-state index contributed by atoms with van der Waals surface area (Å²) >= 11 is 0. The van der Waals surface area contributed by atoms with Crippen molar-refractivity contribution in [2.24, 2.45) is 5.73 Å². The summed E-state index contributed by atoms with van der Waals surface area (Å²) in [4.78, 5) is 18.5. The minimum Gasteiger partial charge on any atom is -0.349 e. The van der Waals surface area contributed by atoms with Gasteiger partial charge < -0.3 is 16.0 Å². The number of pyridine rings is 1. The molecule has 0 unspecified atom stereocenters. The highest BCUT2D eigenvalue weighted by molar-refractivity contribution is 5.94. The molecule has 1 aromatic heterocycles. The number of amides is 1. The van der Waals surface area contributed by atoms with Gasteiger partial charge in [-0.1, -0.05) is 11.8 Å². The highest BCUT2D eigenvalue weighted by Crippen LogP contribution is 2.09. The van der Waals surface area contributed by atoms with Gasteiger partial charge in [-0.2, -0.15) is 0 Å². The maximum Gasteiger partial charge on any atom is 0.253 e. The van der Waals surface area contributed by atoms with Crippen molar-refractivity contribution in [2.45, 2.75) is 18.9 Å². The standard InChI is InChI=1S/C15H20N4O/c1-19-7-4-14(5-8-19)18-15(20)13-9-12(3-2-6-16)10-17-11-13/h9-11,14H,4-8,16H2,1H3,(H,18,20). The largest absolute Gasteiger partial charge is 0.349 e. The van der Waals surface area contributed by atoms with E-state index < -0.39 is 0 Å². The molecular weight excluding hydrogens is 252 g/mol. The molecule has 1 aliphatic heterocycles. The van der Waals surface area contributed by atoms with Crippen LogP contribution in [0.25, 0.3) is 0 Å². The Hall–Kier alpha value is -1.90. The Morgan fingerprint density at radius 1 is 1.50 bits per heavy atom. The van der Waals surface area contributed by atoms with E-state index in [0.717, 1.165) is 25.9 Å². The third-order valence-electron chi connectivity index (χ3n) is 3.39. The lowest BCUT2D eigenvalue weighted by atomic mass is 10.0. The third-order valence-corrected chi connectivity index (χ3v) is 3.39. The number of nitrogens with two attached hydrogens (primary N) is 1. The topological polar surface area (TPSA) is 71.2 Å². The van der Waals surface area contributed by atoms with Gasteiger partial charge in [0.05, 0.1) is 12.1 Å². The number of nitrogens with one attached hydrogen (secondary N) is 1. The van der Waals surface area contributed by atoms with Gasteiger partial charge in [-0.15, -0.1) is 0 Å². The first kappa shape index (κ1) is 14.5. The second-order valence-corrected chi connectivity index (χ2v) is 5.02. The van der Waals surface area contributed by atoms with Crippen LogP contribution < -0.4 is 11.1 Å². The average molecular weight is 272 g/mol. The van der Waals surface area contributed by atoms with Crippen LogP contribution in [0.3, 0.4) is 0 Å². The first-order chi connectivity index (χ1) is 9.69. The van der Waals surface area contributed by atoms with Crippen LogP contribution in [0.1, 0.15) is 28.8 Å². The average Bonchev–Trinajstić information content (AvgIpc) is 2.48. The Kier molecular flexibility index (Phi) is 5.10. The van der Waals surface area contributed by atoms with E-state index in [1.165, 1.54) is 0 Å². The molecule has 5 nitrogen and oxygen atoms in total. The number of carbonyl (C=O) groups excluding carboxylic acids is 1. The minimum atomic E-state index is -0.0801. The maximum atomic E-state index is 12.2. The molecule has 0 radical (unpaired) electrons. The zero-order chi connectivity index (χ0) is 14.4. The van der Waals surface area contributed by atoms with Crippen molar-refractivity contribution < 1.29 is 4.79 Å². The second kappa shape index (κ2) is 7.04. The van der Waals surface area contributed by atoms with E-state index in [2.05, 4.69) is 34.1 Å². The van der Waals surface area contributed by atoms with Crippen molar-refractivity contribution in [2.75, 3.05) is 26.7 Å². The molecule has 0 aliphatic carbocycles. The Balaban J connectivity index is 1.98. The molecule has 1 aliphatic rings. The molecule has 0 atom stereocenters. The van der Waals surface area contributed by atoms with Gasteiger partial charge in [-0.25, -0.2) is 0 Å². The number of carbonyl (C=O) groups is 1. The molecule has 106 valence electrons. The minimum absolute atomic E-state index is 0.0801. The molecule has 1 saturated heterocycles. The molecule has 0 bridgehead atoms. The van der Waals surface area contributed by atoms with Gasteiger partial charge in [0.25, 0.3) is 5.91 Å². The van der Waals surface area contributed by atoms with E-state index in [4.69, 9.17) is 5.73 Å².